The van der Waals surface area contributed by atoms with Gasteiger partial charge in [0.25, 0.3) is 0 Å². The number of phenols is 1. The average molecular weight is 339 g/mol. The van der Waals surface area contributed by atoms with Crippen LogP contribution in [0.3, 0.4) is 0 Å². The molecule has 2 aromatic carbocycles. The molecule has 0 amide bonds. The summed E-state index contributed by atoms with van der Waals surface area (Å²) in [5.74, 6) is -0.739. The lowest BCUT2D eigenvalue weighted by molar-refractivity contribution is -0.139. The van der Waals surface area contributed by atoms with Crippen molar-refractivity contribution >= 4 is 17.0 Å². The Morgan fingerprint density at radius 2 is 1.60 bits per heavy atom. The zero-order valence-corrected chi connectivity index (χ0v) is 14.4. The van der Waals surface area contributed by atoms with E-state index < -0.39 is 16.8 Å². The number of phenolic OH excluding ortho intramolecular Hbond substituents is 1. The molecule has 130 valence electrons. The molecule has 0 spiro atoms. The maximum Gasteiger partial charge on any atom is 0.304 e. The molecule has 3 aromatic rings. The summed E-state index contributed by atoms with van der Waals surface area (Å²) < 4.78 is 0. The minimum absolute atomic E-state index is 0.0787. The predicted octanol–water partition coefficient (Wildman–Crippen LogP) is 3.47. The van der Waals surface area contributed by atoms with Crippen LogP contribution in [0.25, 0.3) is 11.0 Å². The van der Waals surface area contributed by atoms with Gasteiger partial charge in [0.1, 0.15) is 16.8 Å². The number of aromatic nitrogens is 3. The fourth-order valence-corrected chi connectivity index (χ4v) is 3.58. The van der Waals surface area contributed by atoms with Gasteiger partial charge in [0, 0.05) is 5.41 Å². The molecule has 3 N–H and O–H groups in total. The van der Waals surface area contributed by atoms with Crippen LogP contribution in [0, 0.1) is 5.41 Å². The molecule has 1 aromatic heterocycles. The Morgan fingerprint density at radius 3 is 2.20 bits per heavy atom. The number of rotatable bonds is 4. The van der Waals surface area contributed by atoms with Gasteiger partial charge in [-0.25, -0.2) is 0 Å². The van der Waals surface area contributed by atoms with Gasteiger partial charge in [-0.05, 0) is 40.8 Å². The second-order valence-corrected chi connectivity index (χ2v) is 7.30. The number of hydrogen-bond acceptors (Lipinski definition) is 4. The van der Waals surface area contributed by atoms with E-state index in [9.17, 15) is 15.0 Å². The smallest absolute Gasteiger partial charge is 0.304 e. The number of aliphatic carboxylic acids is 1. The molecule has 6 heteroatoms. The highest BCUT2D eigenvalue weighted by Crippen LogP contribution is 2.50. The summed E-state index contributed by atoms with van der Waals surface area (Å²) in [6.45, 7) is 6.07. The molecule has 0 saturated carbocycles. The highest BCUT2D eigenvalue weighted by Gasteiger charge is 2.46. The lowest BCUT2D eigenvalue weighted by Crippen LogP contribution is -2.43. The van der Waals surface area contributed by atoms with Crippen molar-refractivity contribution in [3.63, 3.8) is 0 Å². The largest absolute Gasteiger partial charge is 0.508 e. The summed E-state index contributed by atoms with van der Waals surface area (Å²) in [5.41, 5.74) is 1.92. The van der Waals surface area contributed by atoms with Crippen LogP contribution in [0.5, 0.6) is 5.75 Å². The van der Waals surface area contributed by atoms with Gasteiger partial charge < -0.3 is 10.2 Å². The lowest BCUT2D eigenvalue weighted by Gasteiger charge is -2.45. The Bertz CT molecular complexity index is 910. The maximum atomic E-state index is 11.8. The standard InChI is InChI=1S/C19H21N3O3/c1-18(2,3)19(11-17(24)25,12-4-7-14(23)8-5-12)13-6-9-15-16(10-13)21-22-20-15/h4-10,23H,11H2,1-3H3,(H,24,25)(H,20,21,22). The number of hydrogen-bond donors (Lipinski definition) is 3. The van der Waals surface area contributed by atoms with E-state index in [1.165, 1.54) is 0 Å². The number of aromatic hydroxyl groups is 1. The van der Waals surface area contributed by atoms with Crippen LogP contribution in [0.4, 0.5) is 0 Å². The van der Waals surface area contributed by atoms with Gasteiger partial charge in [-0.2, -0.15) is 15.4 Å². The number of H-pyrrole nitrogens is 1. The van der Waals surface area contributed by atoms with E-state index in [1.54, 1.807) is 24.3 Å². The molecule has 0 radical (unpaired) electrons. The minimum Gasteiger partial charge on any atom is -0.508 e. The summed E-state index contributed by atoms with van der Waals surface area (Å²) in [7, 11) is 0. The number of nitrogens with zero attached hydrogens (tertiary/aromatic N) is 2. The molecule has 0 saturated heterocycles. The van der Waals surface area contributed by atoms with Crippen molar-refractivity contribution in [2.24, 2.45) is 5.41 Å². The molecular formula is C19H21N3O3. The second-order valence-electron chi connectivity index (χ2n) is 7.30. The van der Waals surface area contributed by atoms with Crippen molar-refractivity contribution in [2.45, 2.75) is 32.6 Å². The van der Waals surface area contributed by atoms with E-state index in [2.05, 4.69) is 15.4 Å². The van der Waals surface area contributed by atoms with E-state index in [0.717, 1.165) is 16.6 Å². The average Bonchev–Trinajstić information content (AvgIpc) is 2.99. The fraction of sp³-hybridized carbons (Fsp3) is 0.316. The van der Waals surface area contributed by atoms with Crippen molar-refractivity contribution in [2.75, 3.05) is 0 Å². The first kappa shape index (κ1) is 17.0. The highest BCUT2D eigenvalue weighted by atomic mass is 16.4. The topological polar surface area (TPSA) is 99.1 Å². The zero-order valence-electron chi connectivity index (χ0n) is 14.4. The second kappa shape index (κ2) is 5.88. The molecular weight excluding hydrogens is 318 g/mol. The predicted molar refractivity (Wildman–Crippen MR) is 94.5 cm³/mol. The maximum absolute atomic E-state index is 11.8. The SMILES string of the molecule is CC(C)(C)C(CC(=O)O)(c1ccc(O)cc1)c1ccc2n[nH]nc2c1. The van der Waals surface area contributed by atoms with Crippen molar-refractivity contribution in [1.29, 1.82) is 0 Å². The first-order chi connectivity index (χ1) is 11.7. The number of carbonyl (C=O) groups is 1. The molecule has 0 aliphatic heterocycles. The monoisotopic (exact) mass is 339 g/mol. The molecule has 1 atom stereocenters. The van der Waals surface area contributed by atoms with Gasteiger partial charge >= 0.3 is 5.97 Å². The fourth-order valence-electron chi connectivity index (χ4n) is 3.58. The first-order valence-corrected chi connectivity index (χ1v) is 8.06. The zero-order chi connectivity index (χ0) is 18.2. The third-order valence-corrected chi connectivity index (χ3v) is 4.87. The van der Waals surface area contributed by atoms with Crippen molar-refractivity contribution in [3.05, 3.63) is 53.6 Å². The number of benzene rings is 2. The Kier molecular flexibility index (Phi) is 3.99. The van der Waals surface area contributed by atoms with Gasteiger partial charge in [0.15, 0.2) is 0 Å². The summed E-state index contributed by atoms with van der Waals surface area (Å²) in [5, 5.41) is 30.1. The van der Waals surface area contributed by atoms with E-state index in [4.69, 9.17) is 0 Å². The van der Waals surface area contributed by atoms with Crippen LogP contribution in [-0.2, 0) is 10.2 Å². The van der Waals surface area contributed by atoms with Crippen LogP contribution in [0.15, 0.2) is 42.5 Å². The quantitative estimate of drug-likeness (QED) is 0.676. The molecule has 0 bridgehead atoms. The van der Waals surface area contributed by atoms with Crippen LogP contribution in [-0.4, -0.2) is 31.6 Å². The number of carboxylic acids is 1. The molecule has 0 fully saturated rings. The first-order valence-electron chi connectivity index (χ1n) is 8.06. The van der Waals surface area contributed by atoms with E-state index in [1.807, 2.05) is 39.0 Å². The molecule has 25 heavy (non-hydrogen) atoms. The molecule has 1 unspecified atom stereocenters. The number of aromatic amines is 1. The van der Waals surface area contributed by atoms with E-state index in [-0.39, 0.29) is 12.2 Å². The normalized spacial score (nSPS) is 14.4. The number of nitrogens with one attached hydrogen (secondary N) is 1. The van der Waals surface area contributed by atoms with Gasteiger partial charge in [0.2, 0.25) is 0 Å². The molecule has 0 aliphatic carbocycles. The summed E-state index contributed by atoms with van der Waals surface area (Å²) in [6, 6.07) is 12.4. The summed E-state index contributed by atoms with van der Waals surface area (Å²) in [4.78, 5) is 11.8. The third kappa shape index (κ3) is 2.84. The lowest BCUT2D eigenvalue weighted by atomic mass is 9.57. The van der Waals surface area contributed by atoms with E-state index in [0.29, 0.717) is 5.52 Å². The summed E-state index contributed by atoms with van der Waals surface area (Å²) >= 11 is 0. The van der Waals surface area contributed by atoms with Crippen molar-refractivity contribution in [3.8, 4) is 5.75 Å². The highest BCUT2D eigenvalue weighted by molar-refractivity contribution is 5.77. The Labute approximate surface area is 145 Å². The molecule has 6 nitrogen and oxygen atoms in total. The molecule has 1 heterocycles. The van der Waals surface area contributed by atoms with E-state index >= 15 is 0 Å². The minimum atomic E-state index is -0.886. The van der Waals surface area contributed by atoms with Crippen LogP contribution in [0.2, 0.25) is 0 Å². The third-order valence-electron chi connectivity index (χ3n) is 4.87. The number of carboxylic acid groups (broad SMARTS) is 1. The number of fused-ring (bicyclic) bond motifs is 1. The van der Waals surface area contributed by atoms with Crippen LogP contribution >= 0.6 is 0 Å². The Balaban J connectivity index is 2.32. The summed E-state index contributed by atoms with van der Waals surface area (Å²) in [6.07, 6.45) is -0.0787. The van der Waals surface area contributed by atoms with Crippen molar-refractivity contribution < 1.29 is 15.0 Å². The van der Waals surface area contributed by atoms with Crippen molar-refractivity contribution in [1.82, 2.24) is 15.4 Å². The van der Waals surface area contributed by atoms with Gasteiger partial charge in [-0.15, -0.1) is 0 Å². The van der Waals surface area contributed by atoms with Crippen LogP contribution in [0.1, 0.15) is 38.3 Å². The van der Waals surface area contributed by atoms with Crippen LogP contribution < -0.4 is 0 Å². The van der Waals surface area contributed by atoms with Gasteiger partial charge in [-0.3, -0.25) is 4.79 Å². The Morgan fingerprint density at radius 1 is 1.00 bits per heavy atom. The van der Waals surface area contributed by atoms with Gasteiger partial charge in [0.05, 0.1) is 6.42 Å². The molecule has 0 aliphatic rings. The Hall–Kier alpha value is -2.89. The van der Waals surface area contributed by atoms with Gasteiger partial charge in [-0.1, -0.05) is 39.0 Å². The molecule has 3 rings (SSSR count).